The zero-order valence-electron chi connectivity index (χ0n) is 15.3. The fraction of sp³-hybridized carbons (Fsp3) is 0.556. The van der Waals surface area contributed by atoms with Gasteiger partial charge in [-0.2, -0.15) is 11.8 Å². The Labute approximate surface area is 182 Å². The smallest absolute Gasteiger partial charge is 0.252 e. The molecule has 0 bridgehead atoms. The van der Waals surface area contributed by atoms with Gasteiger partial charge in [-0.15, -0.1) is 24.0 Å². The van der Waals surface area contributed by atoms with E-state index >= 15 is 0 Å². The molecule has 2 rings (SSSR count). The van der Waals surface area contributed by atoms with Gasteiger partial charge in [0, 0.05) is 24.4 Å². The number of hydrogen-bond donors (Lipinski definition) is 3. The van der Waals surface area contributed by atoms with Crippen LogP contribution in [0.15, 0.2) is 29.3 Å². The standard InChI is InChI=1S/C18H27ClN4OS.HI/c1-3-20-17(23-13-18(2)9-6-12-25-18)22-11-10-21-16(24)14-7-4-5-8-15(14)19;/h4-5,7-8H,3,6,9-13H2,1-2H3,(H,21,24)(H2,20,22,23);1H. The minimum atomic E-state index is -0.163. The number of rotatable bonds is 7. The molecule has 0 radical (unpaired) electrons. The topological polar surface area (TPSA) is 65.5 Å². The lowest BCUT2D eigenvalue weighted by atomic mass is 10.1. The van der Waals surface area contributed by atoms with Crippen molar-refractivity contribution in [2.45, 2.75) is 31.4 Å². The minimum absolute atomic E-state index is 0. The summed E-state index contributed by atoms with van der Waals surface area (Å²) in [6, 6.07) is 7.04. The molecule has 146 valence electrons. The van der Waals surface area contributed by atoms with Gasteiger partial charge in [-0.05, 0) is 44.6 Å². The predicted octanol–water partition coefficient (Wildman–Crippen LogP) is 3.53. The Morgan fingerprint density at radius 3 is 2.65 bits per heavy atom. The molecule has 5 nitrogen and oxygen atoms in total. The van der Waals surface area contributed by atoms with Crippen LogP contribution in [0.1, 0.15) is 37.0 Å². The number of carbonyl (C=O) groups excluding carboxylic acids is 1. The second kappa shape index (κ2) is 11.9. The van der Waals surface area contributed by atoms with Crippen LogP contribution in [0.3, 0.4) is 0 Å². The van der Waals surface area contributed by atoms with Gasteiger partial charge in [0.25, 0.3) is 5.91 Å². The van der Waals surface area contributed by atoms with E-state index in [4.69, 9.17) is 16.6 Å². The number of halogens is 2. The molecule has 0 aliphatic carbocycles. The first-order valence-corrected chi connectivity index (χ1v) is 10.1. The SMILES string of the molecule is CCNC(=NCC1(C)CCCS1)NCCNC(=O)c1ccccc1Cl.I. The highest BCUT2D eigenvalue weighted by Crippen LogP contribution is 2.37. The third-order valence-corrected chi connectivity index (χ3v) is 5.89. The summed E-state index contributed by atoms with van der Waals surface area (Å²) < 4.78 is 0.251. The van der Waals surface area contributed by atoms with E-state index in [1.807, 2.05) is 24.8 Å². The molecule has 1 heterocycles. The molecule has 26 heavy (non-hydrogen) atoms. The van der Waals surface area contributed by atoms with E-state index in [-0.39, 0.29) is 34.6 Å². The van der Waals surface area contributed by atoms with Gasteiger partial charge in [0.1, 0.15) is 0 Å². The molecule has 1 aromatic rings. The van der Waals surface area contributed by atoms with E-state index in [9.17, 15) is 4.79 Å². The van der Waals surface area contributed by atoms with Crippen LogP contribution in [0.5, 0.6) is 0 Å². The maximum Gasteiger partial charge on any atom is 0.252 e. The monoisotopic (exact) mass is 510 g/mol. The van der Waals surface area contributed by atoms with Crippen LogP contribution >= 0.6 is 47.3 Å². The molecular formula is C18H28ClIN4OS. The van der Waals surface area contributed by atoms with Crippen LogP contribution in [-0.4, -0.2) is 48.5 Å². The molecule has 1 atom stereocenters. The Balaban J connectivity index is 0.00000338. The van der Waals surface area contributed by atoms with Crippen molar-refractivity contribution < 1.29 is 4.79 Å². The highest BCUT2D eigenvalue weighted by atomic mass is 127. The molecule has 1 amide bonds. The Bertz CT molecular complexity index is 609. The second-order valence-corrected chi connectivity index (χ2v) is 8.35. The van der Waals surface area contributed by atoms with Crippen molar-refractivity contribution in [3.63, 3.8) is 0 Å². The fourth-order valence-electron chi connectivity index (χ4n) is 2.65. The first-order chi connectivity index (χ1) is 12.0. The first kappa shape index (κ1) is 23.4. The minimum Gasteiger partial charge on any atom is -0.357 e. The quantitative estimate of drug-likeness (QED) is 0.227. The number of nitrogens with zero attached hydrogens (tertiary/aromatic N) is 1. The molecular weight excluding hydrogens is 483 g/mol. The molecule has 1 aliphatic heterocycles. The second-order valence-electron chi connectivity index (χ2n) is 6.26. The molecule has 3 N–H and O–H groups in total. The average Bonchev–Trinajstić information content (AvgIpc) is 3.03. The van der Waals surface area contributed by atoms with E-state index in [0.29, 0.717) is 23.7 Å². The van der Waals surface area contributed by atoms with E-state index in [1.54, 1.807) is 18.2 Å². The predicted molar refractivity (Wildman–Crippen MR) is 123 cm³/mol. The number of benzene rings is 1. The fourth-order valence-corrected chi connectivity index (χ4v) is 4.09. The van der Waals surface area contributed by atoms with Gasteiger partial charge in [0.2, 0.25) is 0 Å². The number of amides is 1. The molecule has 1 aliphatic rings. The Morgan fingerprint density at radius 1 is 1.27 bits per heavy atom. The Hall–Kier alpha value is -0.670. The van der Waals surface area contributed by atoms with Gasteiger partial charge in [0.15, 0.2) is 5.96 Å². The van der Waals surface area contributed by atoms with Crippen LogP contribution in [0.25, 0.3) is 0 Å². The lowest BCUT2D eigenvalue weighted by Crippen LogP contribution is -2.42. The van der Waals surface area contributed by atoms with Crippen molar-refractivity contribution in [2.24, 2.45) is 4.99 Å². The molecule has 0 spiro atoms. The summed E-state index contributed by atoms with van der Waals surface area (Å²) in [5, 5.41) is 9.85. The molecule has 0 saturated carbocycles. The zero-order chi connectivity index (χ0) is 18.1. The van der Waals surface area contributed by atoms with E-state index in [0.717, 1.165) is 19.0 Å². The van der Waals surface area contributed by atoms with Gasteiger partial charge >= 0.3 is 0 Å². The largest absolute Gasteiger partial charge is 0.357 e. The van der Waals surface area contributed by atoms with Crippen molar-refractivity contribution in [3.8, 4) is 0 Å². The van der Waals surface area contributed by atoms with Crippen molar-refractivity contribution in [2.75, 3.05) is 31.9 Å². The zero-order valence-corrected chi connectivity index (χ0v) is 19.2. The van der Waals surface area contributed by atoms with Crippen LogP contribution in [0.2, 0.25) is 5.02 Å². The third-order valence-electron chi connectivity index (χ3n) is 4.04. The van der Waals surface area contributed by atoms with Gasteiger partial charge in [-0.3, -0.25) is 9.79 Å². The Morgan fingerprint density at radius 2 is 2.00 bits per heavy atom. The lowest BCUT2D eigenvalue weighted by Gasteiger charge is -2.21. The maximum absolute atomic E-state index is 12.1. The van der Waals surface area contributed by atoms with Crippen LogP contribution in [-0.2, 0) is 0 Å². The molecule has 1 unspecified atom stereocenters. The summed E-state index contributed by atoms with van der Waals surface area (Å²) in [6.07, 6.45) is 2.49. The van der Waals surface area contributed by atoms with Gasteiger partial charge in [0.05, 0.1) is 17.1 Å². The summed E-state index contributed by atoms with van der Waals surface area (Å²) in [6.45, 7) is 7.04. The highest BCUT2D eigenvalue weighted by Gasteiger charge is 2.29. The number of hydrogen-bond acceptors (Lipinski definition) is 3. The molecule has 8 heteroatoms. The van der Waals surface area contributed by atoms with Crippen molar-refractivity contribution in [1.82, 2.24) is 16.0 Å². The van der Waals surface area contributed by atoms with Gasteiger partial charge in [-0.1, -0.05) is 23.7 Å². The molecule has 1 fully saturated rings. The summed E-state index contributed by atoms with van der Waals surface area (Å²) in [4.78, 5) is 16.8. The van der Waals surface area contributed by atoms with Crippen LogP contribution < -0.4 is 16.0 Å². The third kappa shape index (κ3) is 7.52. The summed E-state index contributed by atoms with van der Waals surface area (Å²) in [5.74, 6) is 1.86. The van der Waals surface area contributed by atoms with Crippen molar-refractivity contribution >= 4 is 59.2 Å². The van der Waals surface area contributed by atoms with E-state index in [1.165, 1.54) is 18.6 Å². The molecule has 0 aromatic heterocycles. The number of guanidine groups is 1. The summed E-state index contributed by atoms with van der Waals surface area (Å²) in [5.41, 5.74) is 0.496. The highest BCUT2D eigenvalue weighted by molar-refractivity contribution is 14.0. The van der Waals surface area contributed by atoms with E-state index < -0.39 is 0 Å². The number of nitrogens with one attached hydrogen (secondary N) is 3. The summed E-state index contributed by atoms with van der Waals surface area (Å²) >= 11 is 8.04. The normalized spacial score (nSPS) is 19.6. The number of carbonyl (C=O) groups is 1. The lowest BCUT2D eigenvalue weighted by molar-refractivity contribution is 0.0954. The number of aliphatic imine (C=N–C) groups is 1. The average molecular weight is 511 g/mol. The Kier molecular flexibility index (Phi) is 10.7. The van der Waals surface area contributed by atoms with Crippen molar-refractivity contribution in [1.29, 1.82) is 0 Å². The summed E-state index contributed by atoms with van der Waals surface area (Å²) in [7, 11) is 0. The molecule has 1 aromatic carbocycles. The first-order valence-electron chi connectivity index (χ1n) is 8.73. The van der Waals surface area contributed by atoms with Gasteiger partial charge in [-0.25, -0.2) is 0 Å². The maximum atomic E-state index is 12.1. The van der Waals surface area contributed by atoms with Crippen molar-refractivity contribution in [3.05, 3.63) is 34.9 Å². The number of thioether (sulfide) groups is 1. The molecule has 1 saturated heterocycles. The van der Waals surface area contributed by atoms with Gasteiger partial charge < -0.3 is 16.0 Å². The van der Waals surface area contributed by atoms with Crippen LogP contribution in [0, 0.1) is 0 Å². The van der Waals surface area contributed by atoms with Crippen LogP contribution in [0.4, 0.5) is 0 Å². The van der Waals surface area contributed by atoms with E-state index in [2.05, 4.69) is 22.9 Å².